The van der Waals surface area contributed by atoms with Crippen LogP contribution >= 0.6 is 11.6 Å². The first-order valence-corrected chi connectivity index (χ1v) is 8.72. The van der Waals surface area contributed by atoms with Crippen molar-refractivity contribution in [2.45, 2.75) is 6.42 Å². The van der Waals surface area contributed by atoms with E-state index < -0.39 is 0 Å². The molecule has 2 heterocycles. The molecule has 0 saturated carbocycles. The molecule has 0 unspecified atom stereocenters. The zero-order valence-electron chi connectivity index (χ0n) is 14.3. The molecule has 7 nitrogen and oxygen atoms in total. The van der Waals surface area contributed by atoms with Crippen LogP contribution in [-0.4, -0.2) is 35.0 Å². The predicted octanol–water partition coefficient (Wildman–Crippen LogP) is 2.94. The van der Waals surface area contributed by atoms with Gasteiger partial charge in [-0.15, -0.1) is 0 Å². The van der Waals surface area contributed by atoms with Crippen molar-refractivity contribution in [2.24, 2.45) is 0 Å². The fraction of sp³-hybridized carbons (Fsp3) is 0.158. The van der Waals surface area contributed by atoms with E-state index in [4.69, 9.17) is 16.1 Å². The van der Waals surface area contributed by atoms with Crippen LogP contribution in [0.15, 0.2) is 59.1 Å². The Balaban J connectivity index is 1.41. The molecule has 0 spiro atoms. The summed E-state index contributed by atoms with van der Waals surface area (Å²) in [5.41, 5.74) is 1.31. The van der Waals surface area contributed by atoms with E-state index in [-0.39, 0.29) is 28.4 Å². The van der Waals surface area contributed by atoms with E-state index in [1.807, 2.05) is 30.3 Å². The lowest BCUT2D eigenvalue weighted by molar-refractivity contribution is 0.0944. The lowest BCUT2D eigenvalue weighted by atomic mass is 10.1. The number of benzene rings is 1. The average Bonchev–Trinajstić information content (AvgIpc) is 3.18. The molecule has 0 radical (unpaired) electrons. The first-order chi connectivity index (χ1) is 13.1. The number of carbonyl (C=O) groups is 2. The number of carbonyl (C=O) groups excluding carboxylic acids is 2. The third-order valence-corrected chi connectivity index (χ3v) is 3.88. The van der Waals surface area contributed by atoms with Gasteiger partial charge in [0.2, 0.25) is 0 Å². The number of halogens is 1. The van der Waals surface area contributed by atoms with E-state index in [0.29, 0.717) is 25.3 Å². The van der Waals surface area contributed by atoms with Crippen molar-refractivity contribution in [3.05, 3.63) is 71.1 Å². The van der Waals surface area contributed by atoms with Crippen LogP contribution in [0.4, 0.5) is 0 Å². The van der Waals surface area contributed by atoms with Gasteiger partial charge in [-0.2, -0.15) is 0 Å². The normalized spacial score (nSPS) is 10.4. The van der Waals surface area contributed by atoms with Crippen LogP contribution in [-0.2, 0) is 0 Å². The fourth-order valence-electron chi connectivity index (χ4n) is 2.33. The molecule has 1 aromatic carbocycles. The van der Waals surface area contributed by atoms with Crippen molar-refractivity contribution in [3.63, 3.8) is 0 Å². The Morgan fingerprint density at radius 2 is 1.63 bits per heavy atom. The van der Waals surface area contributed by atoms with Gasteiger partial charge in [-0.3, -0.25) is 9.59 Å². The van der Waals surface area contributed by atoms with E-state index in [1.165, 1.54) is 0 Å². The van der Waals surface area contributed by atoms with E-state index >= 15 is 0 Å². The van der Waals surface area contributed by atoms with Crippen LogP contribution < -0.4 is 10.6 Å². The van der Waals surface area contributed by atoms with Crippen LogP contribution in [0.25, 0.3) is 11.3 Å². The van der Waals surface area contributed by atoms with Crippen molar-refractivity contribution in [1.82, 2.24) is 20.8 Å². The molecule has 0 saturated heterocycles. The number of pyridine rings is 1. The molecule has 3 rings (SSSR count). The SMILES string of the molecule is O=C(NCCCNC(=O)c1cccc(Cl)n1)c1cc(-c2ccccc2)on1. The molecule has 0 aliphatic heterocycles. The molecule has 0 bridgehead atoms. The summed E-state index contributed by atoms with van der Waals surface area (Å²) >= 11 is 5.75. The van der Waals surface area contributed by atoms with Crippen LogP contribution in [0.1, 0.15) is 27.4 Å². The van der Waals surface area contributed by atoms with E-state index in [1.54, 1.807) is 24.3 Å². The predicted molar refractivity (Wildman–Crippen MR) is 100 cm³/mol. The molecule has 0 fully saturated rings. The van der Waals surface area contributed by atoms with E-state index in [0.717, 1.165) is 5.56 Å². The Bertz CT molecular complexity index is 927. The van der Waals surface area contributed by atoms with E-state index in [2.05, 4.69) is 20.8 Å². The lowest BCUT2D eigenvalue weighted by Gasteiger charge is -2.05. The topological polar surface area (TPSA) is 97.1 Å². The quantitative estimate of drug-likeness (QED) is 0.482. The maximum Gasteiger partial charge on any atom is 0.273 e. The molecule has 27 heavy (non-hydrogen) atoms. The van der Waals surface area contributed by atoms with Gasteiger partial charge in [0, 0.05) is 24.7 Å². The van der Waals surface area contributed by atoms with Crippen molar-refractivity contribution in [2.75, 3.05) is 13.1 Å². The summed E-state index contributed by atoms with van der Waals surface area (Å²) in [6.45, 7) is 0.775. The maximum absolute atomic E-state index is 12.1. The van der Waals surface area contributed by atoms with Crippen LogP contribution in [0, 0.1) is 0 Å². The van der Waals surface area contributed by atoms with Gasteiger partial charge in [-0.1, -0.05) is 53.2 Å². The lowest BCUT2D eigenvalue weighted by Crippen LogP contribution is -2.30. The van der Waals surface area contributed by atoms with Gasteiger partial charge in [-0.25, -0.2) is 4.98 Å². The largest absolute Gasteiger partial charge is 0.355 e. The zero-order valence-corrected chi connectivity index (χ0v) is 15.1. The standard InChI is InChI=1S/C19H17ClN4O3/c20-17-9-4-8-14(23-17)18(25)21-10-5-11-22-19(26)15-12-16(27-24-15)13-6-2-1-3-7-13/h1-4,6-9,12H,5,10-11H2,(H,21,25)(H,22,26). The molecular weight excluding hydrogens is 368 g/mol. The second-order valence-corrected chi connectivity index (χ2v) is 6.04. The van der Waals surface area contributed by atoms with Crippen molar-refractivity contribution in [1.29, 1.82) is 0 Å². The Morgan fingerprint density at radius 1 is 0.926 bits per heavy atom. The molecule has 2 aromatic heterocycles. The molecule has 2 amide bonds. The third kappa shape index (κ3) is 5.15. The molecule has 3 aromatic rings. The Kier molecular flexibility index (Phi) is 6.17. The number of hydrogen-bond acceptors (Lipinski definition) is 5. The van der Waals surface area contributed by atoms with Gasteiger partial charge in [0.15, 0.2) is 11.5 Å². The molecule has 8 heteroatoms. The number of nitrogens with one attached hydrogen (secondary N) is 2. The minimum Gasteiger partial charge on any atom is -0.355 e. The summed E-state index contributed by atoms with van der Waals surface area (Å²) in [4.78, 5) is 27.9. The van der Waals surface area contributed by atoms with Gasteiger partial charge in [0.1, 0.15) is 10.8 Å². The Morgan fingerprint density at radius 3 is 2.33 bits per heavy atom. The van der Waals surface area contributed by atoms with Crippen molar-refractivity contribution in [3.8, 4) is 11.3 Å². The summed E-state index contributed by atoms with van der Waals surface area (Å²) in [7, 11) is 0. The average molecular weight is 385 g/mol. The van der Waals surface area contributed by atoms with Crippen LogP contribution in [0.3, 0.4) is 0 Å². The highest BCUT2D eigenvalue weighted by atomic mass is 35.5. The summed E-state index contributed by atoms with van der Waals surface area (Å²) in [6, 6.07) is 15.8. The Hall–Kier alpha value is -3.19. The third-order valence-electron chi connectivity index (χ3n) is 3.67. The van der Waals surface area contributed by atoms with Gasteiger partial charge < -0.3 is 15.2 Å². The molecule has 0 aliphatic rings. The molecule has 2 N–H and O–H groups in total. The minimum atomic E-state index is -0.330. The summed E-state index contributed by atoms with van der Waals surface area (Å²) in [5, 5.41) is 9.51. The van der Waals surface area contributed by atoms with Crippen molar-refractivity contribution < 1.29 is 14.1 Å². The summed E-state index contributed by atoms with van der Waals surface area (Å²) < 4.78 is 5.20. The highest BCUT2D eigenvalue weighted by Gasteiger charge is 2.13. The minimum absolute atomic E-state index is 0.209. The van der Waals surface area contributed by atoms with Gasteiger partial charge in [0.25, 0.3) is 11.8 Å². The highest BCUT2D eigenvalue weighted by molar-refractivity contribution is 6.29. The maximum atomic E-state index is 12.1. The number of amides is 2. The van der Waals surface area contributed by atoms with Gasteiger partial charge in [0.05, 0.1) is 0 Å². The van der Waals surface area contributed by atoms with Gasteiger partial charge >= 0.3 is 0 Å². The molecular formula is C19H17ClN4O3. The smallest absolute Gasteiger partial charge is 0.273 e. The zero-order chi connectivity index (χ0) is 19.1. The monoisotopic (exact) mass is 384 g/mol. The number of aromatic nitrogens is 2. The van der Waals surface area contributed by atoms with Crippen LogP contribution in [0.2, 0.25) is 5.15 Å². The summed E-state index contributed by atoms with van der Waals surface area (Å²) in [5.74, 6) is -0.112. The number of rotatable bonds is 7. The number of hydrogen-bond donors (Lipinski definition) is 2. The van der Waals surface area contributed by atoms with E-state index in [9.17, 15) is 9.59 Å². The molecule has 0 atom stereocenters. The summed E-state index contributed by atoms with van der Waals surface area (Å²) in [6.07, 6.45) is 0.557. The Labute approximate surface area is 160 Å². The van der Waals surface area contributed by atoms with Crippen molar-refractivity contribution >= 4 is 23.4 Å². The number of nitrogens with zero attached hydrogens (tertiary/aromatic N) is 2. The highest BCUT2D eigenvalue weighted by Crippen LogP contribution is 2.19. The second-order valence-electron chi connectivity index (χ2n) is 5.65. The van der Waals surface area contributed by atoms with Gasteiger partial charge in [-0.05, 0) is 18.6 Å². The first kappa shape index (κ1) is 18.6. The second kappa shape index (κ2) is 8.95. The molecule has 0 aliphatic carbocycles. The van der Waals surface area contributed by atoms with Crippen LogP contribution in [0.5, 0.6) is 0 Å². The fourth-order valence-corrected chi connectivity index (χ4v) is 2.49. The first-order valence-electron chi connectivity index (χ1n) is 8.34. The molecule has 138 valence electrons.